The number of ether oxygens (including phenoxy) is 1. The summed E-state index contributed by atoms with van der Waals surface area (Å²) in [6.07, 6.45) is 3.27. The highest BCUT2D eigenvalue weighted by atomic mass is 32.2. The second-order valence-corrected chi connectivity index (χ2v) is 6.54. The fraction of sp³-hybridized carbons (Fsp3) is 0.214. The van der Waals surface area contributed by atoms with Gasteiger partial charge in [-0.15, -0.1) is 0 Å². The molecule has 3 aromatic rings. The monoisotopic (exact) mass is 348 g/mol. The molecular weight excluding hydrogens is 332 g/mol. The van der Waals surface area contributed by atoms with Crippen molar-refractivity contribution < 1.29 is 13.2 Å². The zero-order chi connectivity index (χ0) is 17.2. The molecule has 0 atom stereocenters. The number of benzene rings is 1. The summed E-state index contributed by atoms with van der Waals surface area (Å²) in [5, 5.41) is 8.87. The van der Waals surface area contributed by atoms with E-state index in [9.17, 15) is 8.42 Å². The molecule has 2 aromatic heterocycles. The quantitative estimate of drug-likeness (QED) is 0.558. The molecule has 0 aliphatic rings. The van der Waals surface area contributed by atoms with Crippen molar-refractivity contribution in [3.8, 4) is 11.6 Å². The third-order valence-electron chi connectivity index (χ3n) is 3.30. The van der Waals surface area contributed by atoms with Crippen LogP contribution in [-0.2, 0) is 14.8 Å². The minimum atomic E-state index is -3.82. The Hall–Kier alpha value is -2.56. The van der Waals surface area contributed by atoms with Gasteiger partial charge in [0.15, 0.2) is 11.6 Å². The number of nitrogens with zero attached hydrogens (tertiary/aromatic N) is 3. The van der Waals surface area contributed by atoms with E-state index in [0.29, 0.717) is 41.5 Å². The Morgan fingerprint density at radius 1 is 1.33 bits per heavy atom. The third-order valence-corrected chi connectivity index (χ3v) is 4.22. The van der Waals surface area contributed by atoms with Gasteiger partial charge < -0.3 is 15.0 Å². The lowest BCUT2D eigenvalue weighted by atomic mass is 10.2. The average Bonchev–Trinajstić information content (AvgIpc) is 3.08. The maximum Gasteiger partial charge on any atom is 0.238 e. The Kier molecular flexibility index (Phi) is 4.42. The summed E-state index contributed by atoms with van der Waals surface area (Å²) >= 11 is 0. The summed E-state index contributed by atoms with van der Waals surface area (Å²) in [7, 11) is -2.23. The van der Waals surface area contributed by atoms with Crippen molar-refractivity contribution >= 4 is 26.7 Å². The van der Waals surface area contributed by atoms with E-state index >= 15 is 0 Å². The fourth-order valence-corrected chi connectivity index (χ4v) is 2.72. The molecule has 0 amide bonds. The van der Waals surface area contributed by atoms with Crippen LogP contribution in [0.4, 0.5) is 5.82 Å². The number of nitrogens with one attached hydrogen (secondary N) is 2. The summed E-state index contributed by atoms with van der Waals surface area (Å²) in [4.78, 5) is 15.9. The minimum absolute atomic E-state index is 0.000796. The molecule has 3 rings (SSSR count). The highest BCUT2D eigenvalue weighted by Gasteiger charge is 2.14. The van der Waals surface area contributed by atoms with Crippen LogP contribution in [0.1, 0.15) is 0 Å². The molecule has 9 nitrogen and oxygen atoms in total. The molecule has 24 heavy (non-hydrogen) atoms. The van der Waals surface area contributed by atoms with Crippen molar-refractivity contribution in [3.05, 3.63) is 30.6 Å². The van der Waals surface area contributed by atoms with Gasteiger partial charge in [-0.3, -0.25) is 0 Å². The highest BCUT2D eigenvalue weighted by Crippen LogP contribution is 2.25. The number of hydrogen-bond acceptors (Lipinski definition) is 7. The van der Waals surface area contributed by atoms with Crippen LogP contribution in [0.3, 0.4) is 0 Å². The van der Waals surface area contributed by atoms with Crippen LogP contribution in [0.25, 0.3) is 22.6 Å². The molecule has 0 fully saturated rings. The van der Waals surface area contributed by atoms with Crippen LogP contribution in [0, 0.1) is 0 Å². The topological polar surface area (TPSA) is 136 Å². The van der Waals surface area contributed by atoms with Gasteiger partial charge in [0, 0.05) is 31.4 Å². The predicted octanol–water partition coefficient (Wildman–Crippen LogP) is 0.726. The van der Waals surface area contributed by atoms with Crippen molar-refractivity contribution in [2.45, 2.75) is 4.90 Å². The molecule has 0 radical (unpaired) electrons. The molecular formula is C14H16N6O3S. The Morgan fingerprint density at radius 2 is 2.17 bits per heavy atom. The number of primary sulfonamides is 1. The van der Waals surface area contributed by atoms with E-state index in [4.69, 9.17) is 9.88 Å². The smallest absolute Gasteiger partial charge is 0.238 e. The van der Waals surface area contributed by atoms with Crippen molar-refractivity contribution in [1.29, 1.82) is 0 Å². The van der Waals surface area contributed by atoms with Crippen molar-refractivity contribution in [2.75, 3.05) is 25.6 Å². The van der Waals surface area contributed by atoms with Gasteiger partial charge in [0.25, 0.3) is 0 Å². The first kappa shape index (κ1) is 16.3. The van der Waals surface area contributed by atoms with E-state index in [1.807, 2.05) is 0 Å². The number of aromatic amines is 1. The van der Waals surface area contributed by atoms with Crippen LogP contribution >= 0.6 is 0 Å². The number of anilines is 1. The molecule has 126 valence electrons. The zero-order valence-corrected chi connectivity index (χ0v) is 13.7. The van der Waals surface area contributed by atoms with Crippen LogP contribution in [0.15, 0.2) is 35.5 Å². The second kappa shape index (κ2) is 6.51. The molecule has 0 saturated carbocycles. The molecule has 0 saturated heterocycles. The molecule has 0 aliphatic carbocycles. The van der Waals surface area contributed by atoms with E-state index in [-0.39, 0.29) is 4.90 Å². The fourth-order valence-electron chi connectivity index (χ4n) is 2.18. The van der Waals surface area contributed by atoms with Crippen LogP contribution in [0.2, 0.25) is 0 Å². The molecule has 0 spiro atoms. The van der Waals surface area contributed by atoms with Crippen molar-refractivity contribution in [2.24, 2.45) is 5.14 Å². The maximum absolute atomic E-state index is 11.6. The van der Waals surface area contributed by atoms with Crippen molar-refractivity contribution in [3.63, 3.8) is 0 Å². The summed E-state index contributed by atoms with van der Waals surface area (Å²) in [5.41, 5.74) is 0.573. The Labute approximate surface area is 138 Å². The molecule has 0 aliphatic heterocycles. The van der Waals surface area contributed by atoms with Gasteiger partial charge in [0.05, 0.1) is 17.0 Å². The Morgan fingerprint density at radius 3 is 2.83 bits per heavy atom. The summed E-state index contributed by atoms with van der Waals surface area (Å²) in [6, 6.07) is 4.45. The number of nitrogens with two attached hydrogens (primary N) is 1. The molecule has 0 unspecified atom stereocenters. The lowest BCUT2D eigenvalue weighted by Gasteiger charge is -2.11. The molecule has 1 aromatic carbocycles. The zero-order valence-electron chi connectivity index (χ0n) is 12.9. The lowest BCUT2D eigenvalue weighted by Crippen LogP contribution is -2.13. The average molecular weight is 348 g/mol. The maximum atomic E-state index is 11.6. The van der Waals surface area contributed by atoms with E-state index in [1.165, 1.54) is 12.1 Å². The van der Waals surface area contributed by atoms with E-state index in [0.717, 1.165) is 0 Å². The highest BCUT2D eigenvalue weighted by molar-refractivity contribution is 7.89. The first-order valence-corrected chi connectivity index (χ1v) is 8.61. The van der Waals surface area contributed by atoms with Crippen molar-refractivity contribution in [1.82, 2.24) is 19.9 Å². The Balaban J connectivity index is 2.15. The second-order valence-electron chi connectivity index (χ2n) is 4.98. The molecule has 0 bridgehead atoms. The molecule has 2 heterocycles. The number of methoxy groups -OCH3 is 1. The van der Waals surface area contributed by atoms with E-state index in [2.05, 4.69) is 25.3 Å². The van der Waals surface area contributed by atoms with Gasteiger partial charge in [0.1, 0.15) is 5.82 Å². The van der Waals surface area contributed by atoms with Crippen LogP contribution < -0.4 is 10.5 Å². The number of aromatic nitrogens is 4. The molecule has 10 heteroatoms. The van der Waals surface area contributed by atoms with Gasteiger partial charge in [-0.2, -0.15) is 0 Å². The van der Waals surface area contributed by atoms with Gasteiger partial charge in [0.2, 0.25) is 10.0 Å². The van der Waals surface area contributed by atoms with Gasteiger partial charge in [-0.05, 0) is 18.2 Å². The van der Waals surface area contributed by atoms with E-state index < -0.39 is 10.0 Å². The van der Waals surface area contributed by atoms with Gasteiger partial charge >= 0.3 is 0 Å². The molecule has 4 N–H and O–H groups in total. The summed E-state index contributed by atoms with van der Waals surface area (Å²) in [6.45, 7) is 0.969. The number of H-pyrrole nitrogens is 1. The third kappa shape index (κ3) is 3.35. The summed E-state index contributed by atoms with van der Waals surface area (Å²) in [5.74, 6) is 1.40. The van der Waals surface area contributed by atoms with Crippen LogP contribution in [0.5, 0.6) is 0 Å². The largest absolute Gasteiger partial charge is 0.383 e. The normalized spacial score (nSPS) is 11.8. The first-order valence-electron chi connectivity index (χ1n) is 7.06. The summed E-state index contributed by atoms with van der Waals surface area (Å²) < 4.78 is 28.2. The minimum Gasteiger partial charge on any atom is -0.383 e. The number of rotatable bonds is 6. The number of imidazole rings is 1. The number of sulfonamides is 1. The standard InChI is InChI=1S/C14H16N6O3S/c1-23-7-6-18-12-10-8-9(24(15,21)22)2-3-11(10)19-14(20-12)13-16-4-5-17-13/h2-5,8H,6-7H2,1H3,(H,16,17)(H2,15,21,22)(H,18,19,20). The first-order chi connectivity index (χ1) is 11.5. The predicted molar refractivity (Wildman–Crippen MR) is 88.9 cm³/mol. The lowest BCUT2D eigenvalue weighted by molar-refractivity contribution is 0.210. The van der Waals surface area contributed by atoms with Gasteiger partial charge in [-0.1, -0.05) is 0 Å². The van der Waals surface area contributed by atoms with Crippen LogP contribution in [-0.4, -0.2) is 48.6 Å². The number of fused-ring (bicyclic) bond motifs is 1. The van der Waals surface area contributed by atoms with Gasteiger partial charge in [-0.25, -0.2) is 28.5 Å². The Bertz CT molecular complexity index is 956. The SMILES string of the molecule is COCCNc1nc(-c2ncc[nH]2)nc2ccc(S(N)(=O)=O)cc12. The van der Waals surface area contributed by atoms with E-state index in [1.54, 1.807) is 25.6 Å². The number of hydrogen-bond donors (Lipinski definition) is 3.